The monoisotopic (exact) mass is 372 g/mol. The second-order valence-electron chi connectivity index (χ2n) is 8.71. The molecule has 0 heterocycles. The molecule has 27 heavy (non-hydrogen) atoms. The summed E-state index contributed by atoms with van der Waals surface area (Å²) in [6.07, 6.45) is 0. The number of hydrogen-bond donors (Lipinski definition) is 2. The van der Waals surface area contributed by atoms with E-state index in [9.17, 15) is 10.2 Å². The van der Waals surface area contributed by atoms with Crippen molar-refractivity contribution < 1.29 is 19.7 Å². The molecule has 0 unspecified atom stereocenters. The first-order valence-corrected chi connectivity index (χ1v) is 9.30. The van der Waals surface area contributed by atoms with Gasteiger partial charge in [-0.15, -0.1) is 0 Å². The van der Waals surface area contributed by atoms with Crippen molar-refractivity contribution in [2.45, 2.75) is 58.2 Å². The van der Waals surface area contributed by atoms with Gasteiger partial charge in [-0.1, -0.05) is 38.1 Å². The summed E-state index contributed by atoms with van der Waals surface area (Å²) in [7, 11) is 0. The number of rotatable bonds is 8. The molecule has 0 atom stereocenters. The molecule has 0 saturated carbocycles. The van der Waals surface area contributed by atoms with Gasteiger partial charge in [-0.25, -0.2) is 0 Å². The standard InChI is InChI=1S/C23H32O4/c1-21(2,15-24)26-19-11-7-17(8-12-19)23(5,6)18-9-13-20(14-10-18)27-22(3,4)16-25/h7-14,24-25H,15-16H2,1-6H3. The minimum atomic E-state index is -0.602. The van der Waals surface area contributed by atoms with Gasteiger partial charge >= 0.3 is 0 Å². The van der Waals surface area contributed by atoms with Crippen molar-refractivity contribution in [3.05, 3.63) is 59.7 Å². The van der Waals surface area contributed by atoms with Gasteiger partial charge in [0.15, 0.2) is 0 Å². The molecular weight excluding hydrogens is 340 g/mol. The Bertz CT molecular complexity index is 664. The summed E-state index contributed by atoms with van der Waals surface area (Å²) in [6, 6.07) is 16.0. The maximum absolute atomic E-state index is 9.35. The van der Waals surface area contributed by atoms with Gasteiger partial charge in [-0.05, 0) is 63.1 Å². The van der Waals surface area contributed by atoms with Gasteiger partial charge in [-0.2, -0.15) is 0 Å². The smallest absolute Gasteiger partial charge is 0.126 e. The van der Waals surface area contributed by atoms with E-state index in [0.29, 0.717) is 0 Å². The first kappa shape index (κ1) is 21.3. The van der Waals surface area contributed by atoms with Crippen LogP contribution in [0.1, 0.15) is 52.7 Å². The number of aliphatic hydroxyl groups excluding tert-OH is 2. The van der Waals surface area contributed by atoms with Crippen LogP contribution in [0.3, 0.4) is 0 Å². The highest BCUT2D eigenvalue weighted by Gasteiger charge is 2.25. The first-order chi connectivity index (χ1) is 12.5. The molecule has 0 saturated heterocycles. The average Bonchev–Trinajstić information content (AvgIpc) is 2.62. The van der Waals surface area contributed by atoms with Crippen LogP contribution in [0.4, 0.5) is 0 Å². The lowest BCUT2D eigenvalue weighted by Gasteiger charge is -2.28. The molecule has 0 aliphatic heterocycles. The van der Waals surface area contributed by atoms with Gasteiger partial charge < -0.3 is 19.7 Å². The van der Waals surface area contributed by atoms with Crippen molar-refractivity contribution >= 4 is 0 Å². The molecule has 0 aliphatic carbocycles. The lowest BCUT2D eigenvalue weighted by atomic mass is 9.78. The van der Waals surface area contributed by atoms with E-state index in [4.69, 9.17) is 9.47 Å². The Morgan fingerprint density at radius 3 is 1.15 bits per heavy atom. The molecule has 0 fully saturated rings. The van der Waals surface area contributed by atoms with Gasteiger partial charge in [-0.3, -0.25) is 0 Å². The van der Waals surface area contributed by atoms with Crippen LogP contribution in [0, 0.1) is 0 Å². The van der Waals surface area contributed by atoms with E-state index < -0.39 is 11.2 Å². The van der Waals surface area contributed by atoms with Gasteiger partial charge in [0.05, 0.1) is 13.2 Å². The highest BCUT2D eigenvalue weighted by atomic mass is 16.5. The second-order valence-corrected chi connectivity index (χ2v) is 8.71. The van der Waals surface area contributed by atoms with E-state index in [-0.39, 0.29) is 18.6 Å². The van der Waals surface area contributed by atoms with E-state index in [0.717, 1.165) is 11.5 Å². The second kappa shape index (κ2) is 7.91. The quantitative estimate of drug-likeness (QED) is 0.725. The van der Waals surface area contributed by atoms with Crippen LogP contribution >= 0.6 is 0 Å². The Hall–Kier alpha value is -2.04. The highest BCUT2D eigenvalue weighted by molar-refractivity contribution is 5.42. The Morgan fingerprint density at radius 1 is 0.593 bits per heavy atom. The normalized spacial score (nSPS) is 12.7. The van der Waals surface area contributed by atoms with E-state index in [1.165, 1.54) is 11.1 Å². The summed E-state index contributed by atoms with van der Waals surface area (Å²) >= 11 is 0. The lowest BCUT2D eigenvalue weighted by molar-refractivity contribution is 0.0412. The maximum Gasteiger partial charge on any atom is 0.126 e. The van der Waals surface area contributed by atoms with Crippen molar-refractivity contribution in [3.63, 3.8) is 0 Å². The van der Waals surface area contributed by atoms with E-state index >= 15 is 0 Å². The van der Waals surface area contributed by atoms with Gasteiger partial charge in [0.2, 0.25) is 0 Å². The summed E-state index contributed by atoms with van der Waals surface area (Å²) < 4.78 is 11.6. The van der Waals surface area contributed by atoms with Gasteiger partial charge in [0, 0.05) is 5.41 Å². The predicted octanol–water partition coefficient (Wildman–Crippen LogP) is 4.31. The first-order valence-electron chi connectivity index (χ1n) is 9.30. The van der Waals surface area contributed by atoms with Crippen molar-refractivity contribution in [1.82, 2.24) is 0 Å². The summed E-state index contributed by atoms with van der Waals surface area (Å²) in [4.78, 5) is 0. The molecule has 2 aromatic carbocycles. The number of benzene rings is 2. The minimum absolute atomic E-state index is 0.0399. The summed E-state index contributed by atoms with van der Waals surface area (Å²) in [5.74, 6) is 1.48. The Labute approximate surface area is 162 Å². The third-order valence-electron chi connectivity index (χ3n) is 4.70. The van der Waals surface area contributed by atoms with Gasteiger partial charge in [0.25, 0.3) is 0 Å². The molecule has 148 valence electrons. The topological polar surface area (TPSA) is 58.9 Å². The molecule has 2 rings (SSSR count). The number of ether oxygens (including phenoxy) is 2. The third-order valence-corrected chi connectivity index (χ3v) is 4.70. The van der Waals surface area contributed by atoms with E-state index in [2.05, 4.69) is 38.1 Å². The zero-order valence-corrected chi connectivity index (χ0v) is 17.2. The Kier molecular flexibility index (Phi) is 6.23. The van der Waals surface area contributed by atoms with Crippen LogP contribution in [-0.4, -0.2) is 34.6 Å². The van der Waals surface area contributed by atoms with Crippen molar-refractivity contribution in [2.24, 2.45) is 0 Å². The summed E-state index contributed by atoms with van der Waals surface area (Å²) in [5, 5.41) is 18.7. The predicted molar refractivity (Wildman–Crippen MR) is 109 cm³/mol. The van der Waals surface area contributed by atoms with Crippen molar-refractivity contribution in [3.8, 4) is 11.5 Å². The average molecular weight is 373 g/mol. The van der Waals surface area contributed by atoms with Crippen LogP contribution in [0.5, 0.6) is 11.5 Å². The molecule has 0 aliphatic rings. The van der Waals surface area contributed by atoms with Crippen LogP contribution in [0.15, 0.2) is 48.5 Å². The lowest BCUT2D eigenvalue weighted by Crippen LogP contribution is -2.32. The highest BCUT2D eigenvalue weighted by Crippen LogP contribution is 2.34. The molecule has 0 amide bonds. The molecule has 4 heteroatoms. The zero-order chi connectivity index (χ0) is 20.3. The number of aliphatic hydroxyl groups is 2. The number of hydrogen-bond acceptors (Lipinski definition) is 4. The fourth-order valence-corrected chi connectivity index (χ4v) is 2.75. The molecule has 0 bridgehead atoms. The third kappa shape index (κ3) is 5.47. The van der Waals surface area contributed by atoms with Crippen LogP contribution < -0.4 is 9.47 Å². The largest absolute Gasteiger partial charge is 0.485 e. The summed E-state index contributed by atoms with van der Waals surface area (Å²) in [5.41, 5.74) is 0.947. The van der Waals surface area contributed by atoms with Crippen molar-refractivity contribution in [1.29, 1.82) is 0 Å². The Morgan fingerprint density at radius 2 is 0.889 bits per heavy atom. The molecule has 2 N–H and O–H groups in total. The van der Waals surface area contributed by atoms with Crippen LogP contribution in [0.2, 0.25) is 0 Å². The van der Waals surface area contributed by atoms with Crippen LogP contribution in [0.25, 0.3) is 0 Å². The van der Waals surface area contributed by atoms with Gasteiger partial charge in [0.1, 0.15) is 22.7 Å². The molecule has 0 spiro atoms. The molecule has 0 radical (unpaired) electrons. The SMILES string of the molecule is CC(C)(CO)Oc1ccc(C(C)(C)c2ccc(OC(C)(C)CO)cc2)cc1. The van der Waals surface area contributed by atoms with E-state index in [1.54, 1.807) is 0 Å². The van der Waals surface area contributed by atoms with E-state index in [1.807, 2.05) is 52.0 Å². The molecular formula is C23H32O4. The zero-order valence-electron chi connectivity index (χ0n) is 17.2. The van der Waals surface area contributed by atoms with Crippen molar-refractivity contribution in [2.75, 3.05) is 13.2 Å². The Balaban J connectivity index is 2.17. The fraction of sp³-hybridized carbons (Fsp3) is 0.478. The molecule has 2 aromatic rings. The summed E-state index contributed by atoms with van der Waals surface area (Å²) in [6.45, 7) is 11.7. The minimum Gasteiger partial charge on any atom is -0.485 e. The van der Waals surface area contributed by atoms with Crippen LogP contribution in [-0.2, 0) is 5.41 Å². The molecule has 4 nitrogen and oxygen atoms in total. The molecule has 0 aromatic heterocycles. The maximum atomic E-state index is 9.35. The fourth-order valence-electron chi connectivity index (χ4n) is 2.75.